The molecule has 0 radical (unpaired) electrons. The summed E-state index contributed by atoms with van der Waals surface area (Å²) in [5, 5.41) is 10.3. The molecule has 1 heteroatoms. The number of benzene rings is 1. The van der Waals surface area contributed by atoms with Crippen LogP contribution in [0.2, 0.25) is 0 Å². The molecule has 0 bridgehead atoms. The van der Waals surface area contributed by atoms with E-state index < -0.39 is 6.10 Å². The highest BCUT2D eigenvalue weighted by atomic mass is 16.3. The van der Waals surface area contributed by atoms with Crippen LogP contribution in [-0.2, 0) is 0 Å². The van der Waals surface area contributed by atoms with Gasteiger partial charge in [-0.05, 0) is 30.6 Å². The van der Waals surface area contributed by atoms with Gasteiger partial charge < -0.3 is 5.11 Å². The third-order valence-electron chi connectivity index (χ3n) is 2.83. The summed E-state index contributed by atoms with van der Waals surface area (Å²) in [5.74, 6) is 0. The Kier molecular flexibility index (Phi) is 3.07. The lowest BCUT2D eigenvalue weighted by molar-refractivity contribution is 0.270. The van der Waals surface area contributed by atoms with E-state index in [1.165, 1.54) is 0 Å². The fourth-order valence-electron chi connectivity index (χ4n) is 1.93. The number of allylic oxidation sites excluding steroid dienone is 3. The lowest BCUT2D eigenvalue weighted by atomic mass is 9.89. The molecule has 0 aromatic heterocycles. The lowest BCUT2D eigenvalue weighted by Gasteiger charge is -2.21. The normalized spacial score (nSPS) is 19.6. The first-order valence-corrected chi connectivity index (χ1v) is 5.49. The van der Waals surface area contributed by atoms with Gasteiger partial charge in [0.2, 0.25) is 0 Å². The van der Waals surface area contributed by atoms with Crippen molar-refractivity contribution in [2.45, 2.75) is 20.0 Å². The number of hydrogen-bond acceptors (Lipinski definition) is 1. The van der Waals surface area contributed by atoms with Gasteiger partial charge in [0.05, 0.1) is 0 Å². The lowest BCUT2D eigenvalue weighted by Crippen LogP contribution is -2.15. The van der Waals surface area contributed by atoms with E-state index in [2.05, 4.69) is 0 Å². The Bertz CT molecular complexity index is 459. The van der Waals surface area contributed by atoms with Crippen molar-refractivity contribution in [3.05, 3.63) is 65.3 Å². The third kappa shape index (κ3) is 2.00. The van der Waals surface area contributed by atoms with Crippen LogP contribution in [0.4, 0.5) is 0 Å². The summed E-state index contributed by atoms with van der Waals surface area (Å²) in [6, 6.07) is 10.0. The molecular weight excluding hydrogens is 196 g/mol. The van der Waals surface area contributed by atoms with E-state index in [1.807, 2.05) is 62.4 Å². The maximum atomic E-state index is 10.3. The molecule has 1 aliphatic rings. The average Bonchev–Trinajstić information content (AvgIpc) is 2.30. The van der Waals surface area contributed by atoms with Crippen molar-refractivity contribution >= 4 is 5.57 Å². The standard InChI is InChI=1S/C15H16O/c1-11(2)13-9-6-10-14(15(13)16)12-7-4-3-5-8-12/h3-10,15-16H,1-2H3. The maximum Gasteiger partial charge on any atom is 0.105 e. The molecule has 0 aliphatic heterocycles. The van der Waals surface area contributed by atoms with Crippen LogP contribution in [-0.4, -0.2) is 11.2 Å². The monoisotopic (exact) mass is 212 g/mol. The van der Waals surface area contributed by atoms with Crippen LogP contribution in [0.5, 0.6) is 0 Å². The first kappa shape index (κ1) is 10.9. The zero-order valence-electron chi connectivity index (χ0n) is 9.64. The highest BCUT2D eigenvalue weighted by molar-refractivity contribution is 5.75. The molecule has 1 N–H and O–H groups in total. The molecule has 16 heavy (non-hydrogen) atoms. The quantitative estimate of drug-likeness (QED) is 0.757. The minimum Gasteiger partial charge on any atom is -0.384 e. The number of aliphatic hydroxyl groups is 1. The summed E-state index contributed by atoms with van der Waals surface area (Å²) in [6.07, 6.45) is 5.45. The fourth-order valence-corrected chi connectivity index (χ4v) is 1.93. The van der Waals surface area contributed by atoms with Crippen molar-refractivity contribution in [2.75, 3.05) is 0 Å². The Balaban J connectivity index is 2.42. The third-order valence-corrected chi connectivity index (χ3v) is 2.83. The van der Waals surface area contributed by atoms with Gasteiger partial charge in [-0.15, -0.1) is 0 Å². The van der Waals surface area contributed by atoms with Gasteiger partial charge in [-0.2, -0.15) is 0 Å². The van der Waals surface area contributed by atoms with E-state index in [0.29, 0.717) is 0 Å². The molecule has 1 atom stereocenters. The Labute approximate surface area is 96.4 Å². The Morgan fingerprint density at radius 2 is 1.81 bits per heavy atom. The molecule has 0 heterocycles. The van der Waals surface area contributed by atoms with E-state index in [1.54, 1.807) is 0 Å². The highest BCUT2D eigenvalue weighted by Crippen LogP contribution is 2.28. The summed E-state index contributed by atoms with van der Waals surface area (Å²) >= 11 is 0. The molecule has 82 valence electrons. The van der Waals surface area contributed by atoms with Crippen molar-refractivity contribution in [3.8, 4) is 0 Å². The maximum absolute atomic E-state index is 10.3. The number of hydrogen-bond donors (Lipinski definition) is 1. The second kappa shape index (κ2) is 4.50. The molecule has 1 aromatic carbocycles. The molecule has 1 aromatic rings. The van der Waals surface area contributed by atoms with Crippen molar-refractivity contribution in [3.63, 3.8) is 0 Å². The number of aliphatic hydroxyl groups excluding tert-OH is 1. The smallest absolute Gasteiger partial charge is 0.105 e. The summed E-state index contributed by atoms with van der Waals surface area (Å²) < 4.78 is 0. The molecule has 0 saturated heterocycles. The Morgan fingerprint density at radius 1 is 1.12 bits per heavy atom. The zero-order chi connectivity index (χ0) is 11.5. The van der Waals surface area contributed by atoms with Gasteiger partial charge in [0.15, 0.2) is 0 Å². The molecule has 0 amide bonds. The summed E-state index contributed by atoms with van der Waals surface area (Å²) in [4.78, 5) is 0. The summed E-state index contributed by atoms with van der Waals surface area (Å²) in [7, 11) is 0. The van der Waals surface area contributed by atoms with Gasteiger partial charge in [-0.1, -0.05) is 54.1 Å². The topological polar surface area (TPSA) is 20.2 Å². The van der Waals surface area contributed by atoms with Crippen LogP contribution < -0.4 is 0 Å². The predicted octanol–water partition coefficient (Wildman–Crippen LogP) is 3.34. The zero-order valence-corrected chi connectivity index (χ0v) is 9.64. The largest absolute Gasteiger partial charge is 0.384 e. The fraction of sp³-hybridized carbons (Fsp3) is 0.200. The second-order valence-corrected chi connectivity index (χ2v) is 4.21. The Morgan fingerprint density at radius 3 is 2.44 bits per heavy atom. The van der Waals surface area contributed by atoms with Crippen LogP contribution in [0.15, 0.2) is 59.7 Å². The van der Waals surface area contributed by atoms with Crippen LogP contribution in [0.1, 0.15) is 19.4 Å². The van der Waals surface area contributed by atoms with Gasteiger partial charge in [-0.25, -0.2) is 0 Å². The van der Waals surface area contributed by atoms with Crippen LogP contribution >= 0.6 is 0 Å². The van der Waals surface area contributed by atoms with Crippen molar-refractivity contribution in [1.82, 2.24) is 0 Å². The van der Waals surface area contributed by atoms with Crippen LogP contribution in [0.25, 0.3) is 5.57 Å². The first-order chi connectivity index (χ1) is 7.70. The summed E-state index contributed by atoms with van der Waals surface area (Å²) in [6.45, 7) is 4.05. The second-order valence-electron chi connectivity index (χ2n) is 4.21. The minimum absolute atomic E-state index is 0.502. The van der Waals surface area contributed by atoms with Gasteiger partial charge in [0, 0.05) is 0 Å². The van der Waals surface area contributed by atoms with Crippen molar-refractivity contribution in [2.24, 2.45) is 0 Å². The van der Waals surface area contributed by atoms with Gasteiger partial charge >= 0.3 is 0 Å². The molecule has 1 aliphatic carbocycles. The van der Waals surface area contributed by atoms with E-state index in [9.17, 15) is 5.11 Å². The van der Waals surface area contributed by atoms with Gasteiger partial charge in [-0.3, -0.25) is 0 Å². The van der Waals surface area contributed by atoms with E-state index in [4.69, 9.17) is 0 Å². The van der Waals surface area contributed by atoms with E-state index in [0.717, 1.165) is 22.3 Å². The highest BCUT2D eigenvalue weighted by Gasteiger charge is 2.18. The first-order valence-electron chi connectivity index (χ1n) is 5.49. The predicted molar refractivity (Wildman–Crippen MR) is 67.9 cm³/mol. The van der Waals surface area contributed by atoms with E-state index in [-0.39, 0.29) is 0 Å². The molecule has 0 spiro atoms. The SMILES string of the molecule is CC(C)=C1C=CC=C(c2ccccc2)C1O. The molecule has 1 nitrogen and oxygen atoms in total. The van der Waals surface area contributed by atoms with Crippen LogP contribution in [0.3, 0.4) is 0 Å². The molecule has 0 saturated carbocycles. The Hall–Kier alpha value is -1.60. The van der Waals surface area contributed by atoms with Crippen molar-refractivity contribution in [1.29, 1.82) is 0 Å². The minimum atomic E-state index is -0.502. The number of rotatable bonds is 1. The molecule has 2 rings (SSSR count). The molecule has 1 unspecified atom stereocenters. The van der Waals surface area contributed by atoms with Gasteiger partial charge in [0.25, 0.3) is 0 Å². The van der Waals surface area contributed by atoms with Crippen molar-refractivity contribution < 1.29 is 5.11 Å². The molecule has 0 fully saturated rings. The van der Waals surface area contributed by atoms with Gasteiger partial charge in [0.1, 0.15) is 6.10 Å². The average molecular weight is 212 g/mol. The van der Waals surface area contributed by atoms with E-state index >= 15 is 0 Å². The van der Waals surface area contributed by atoms with Crippen LogP contribution in [0, 0.1) is 0 Å². The molecular formula is C15H16O. The summed E-state index contributed by atoms with van der Waals surface area (Å²) in [5.41, 5.74) is 4.21.